The zero-order valence-corrected chi connectivity index (χ0v) is 20.3. The number of rotatable bonds is 6. The molecule has 3 rings (SSSR count). The molecule has 0 bridgehead atoms. The van der Waals surface area contributed by atoms with E-state index in [4.69, 9.17) is 16.3 Å². The van der Waals surface area contributed by atoms with Crippen molar-refractivity contribution in [3.8, 4) is 0 Å². The number of hydrogen-bond acceptors (Lipinski definition) is 5. The van der Waals surface area contributed by atoms with Crippen molar-refractivity contribution in [3.05, 3.63) is 23.2 Å². The van der Waals surface area contributed by atoms with E-state index in [0.717, 1.165) is 18.8 Å². The molecule has 1 aliphatic carbocycles. The molecule has 31 heavy (non-hydrogen) atoms. The van der Waals surface area contributed by atoms with Crippen LogP contribution in [0.3, 0.4) is 0 Å². The standard InChI is InChI=1S/C22H34ClN3O4S/c1-14(2)31(28,29)25-18-7-5-17(6-8-18)22(27)24-19-9-10-21(20(23)11-19)26-12-15(3)30-16(4)13-26/h9-11,14-18,25H,5-8,12-13H2,1-4H3,(H,24,27)/t15-,16+,17?,18?. The van der Waals surface area contributed by atoms with Crippen LogP contribution >= 0.6 is 11.6 Å². The van der Waals surface area contributed by atoms with Gasteiger partial charge in [-0.25, -0.2) is 13.1 Å². The van der Waals surface area contributed by atoms with Crippen LogP contribution in [0.1, 0.15) is 53.4 Å². The molecule has 1 aromatic carbocycles. The number of benzene rings is 1. The zero-order valence-electron chi connectivity index (χ0n) is 18.7. The largest absolute Gasteiger partial charge is 0.372 e. The first-order valence-electron chi connectivity index (χ1n) is 11.1. The fourth-order valence-corrected chi connectivity index (χ4v) is 5.57. The normalized spacial score (nSPS) is 27.4. The molecule has 1 aliphatic heterocycles. The average Bonchev–Trinajstić information content (AvgIpc) is 2.67. The predicted molar refractivity (Wildman–Crippen MR) is 125 cm³/mol. The van der Waals surface area contributed by atoms with Crippen molar-refractivity contribution in [1.29, 1.82) is 0 Å². The number of morpholine rings is 1. The molecular formula is C22H34ClN3O4S. The summed E-state index contributed by atoms with van der Waals surface area (Å²) in [5, 5.41) is 3.13. The third-order valence-corrected chi connectivity index (χ3v) is 8.23. The Morgan fingerprint density at radius 1 is 1.13 bits per heavy atom. The molecule has 2 N–H and O–H groups in total. The summed E-state index contributed by atoms with van der Waals surface area (Å²) in [6, 6.07) is 5.53. The first-order chi connectivity index (χ1) is 14.5. The van der Waals surface area contributed by atoms with Gasteiger partial charge in [0.15, 0.2) is 0 Å². The molecular weight excluding hydrogens is 438 g/mol. The van der Waals surface area contributed by atoms with Crippen LogP contribution in [0.5, 0.6) is 0 Å². The Balaban J connectivity index is 1.55. The number of sulfonamides is 1. The molecule has 174 valence electrons. The number of carbonyl (C=O) groups is 1. The highest BCUT2D eigenvalue weighted by Gasteiger charge is 2.30. The third kappa shape index (κ3) is 6.34. The summed E-state index contributed by atoms with van der Waals surface area (Å²) >= 11 is 6.53. The zero-order chi connectivity index (χ0) is 22.8. The maximum absolute atomic E-state index is 12.7. The molecule has 1 heterocycles. The van der Waals surface area contributed by atoms with E-state index in [9.17, 15) is 13.2 Å². The minimum Gasteiger partial charge on any atom is -0.372 e. The van der Waals surface area contributed by atoms with Gasteiger partial charge in [-0.1, -0.05) is 11.6 Å². The Morgan fingerprint density at radius 2 is 1.74 bits per heavy atom. The van der Waals surface area contributed by atoms with Gasteiger partial charge in [0.1, 0.15) is 0 Å². The molecule has 0 radical (unpaired) electrons. The third-order valence-electron chi connectivity index (χ3n) is 6.03. The summed E-state index contributed by atoms with van der Waals surface area (Å²) in [4.78, 5) is 14.9. The highest BCUT2D eigenvalue weighted by molar-refractivity contribution is 7.90. The Bertz CT molecular complexity index is 875. The van der Waals surface area contributed by atoms with Gasteiger partial charge in [0.25, 0.3) is 0 Å². The van der Waals surface area contributed by atoms with Gasteiger partial charge in [-0.2, -0.15) is 0 Å². The minimum absolute atomic E-state index is 0.0393. The highest BCUT2D eigenvalue weighted by atomic mass is 35.5. The Labute approximate surface area is 190 Å². The molecule has 9 heteroatoms. The molecule has 1 saturated carbocycles. The summed E-state index contributed by atoms with van der Waals surface area (Å²) in [7, 11) is -3.29. The van der Waals surface area contributed by atoms with E-state index in [0.29, 0.717) is 36.4 Å². The van der Waals surface area contributed by atoms with Crippen LogP contribution in [-0.2, 0) is 19.6 Å². The monoisotopic (exact) mass is 471 g/mol. The van der Waals surface area contributed by atoms with Crippen molar-refractivity contribution in [2.45, 2.75) is 76.9 Å². The lowest BCUT2D eigenvalue weighted by Gasteiger charge is -2.37. The number of halogens is 1. The van der Waals surface area contributed by atoms with E-state index in [2.05, 4.69) is 14.9 Å². The average molecular weight is 472 g/mol. The van der Waals surface area contributed by atoms with Crippen LogP contribution in [0.15, 0.2) is 18.2 Å². The highest BCUT2D eigenvalue weighted by Crippen LogP contribution is 2.32. The lowest BCUT2D eigenvalue weighted by atomic mass is 9.86. The SMILES string of the molecule is CC(C)S(=O)(=O)NC1CCC(C(=O)Nc2ccc(N3C[C@@H](C)O[C@@H](C)C3)c(Cl)c2)CC1. The summed E-state index contributed by atoms with van der Waals surface area (Å²) in [5.41, 5.74) is 1.62. The lowest BCUT2D eigenvalue weighted by molar-refractivity contribution is -0.120. The van der Waals surface area contributed by atoms with Crippen LogP contribution in [0.4, 0.5) is 11.4 Å². The molecule has 1 saturated heterocycles. The van der Waals surface area contributed by atoms with Crippen molar-refractivity contribution in [2.24, 2.45) is 5.92 Å². The van der Waals surface area contributed by atoms with E-state index in [1.807, 2.05) is 26.0 Å². The van der Waals surface area contributed by atoms with Crippen molar-refractivity contribution in [3.63, 3.8) is 0 Å². The van der Waals surface area contributed by atoms with Crippen LogP contribution in [0.2, 0.25) is 5.02 Å². The Morgan fingerprint density at radius 3 is 2.29 bits per heavy atom. The van der Waals surface area contributed by atoms with Crippen LogP contribution in [-0.4, -0.2) is 50.9 Å². The summed E-state index contributed by atoms with van der Waals surface area (Å²) < 4.78 is 32.7. The van der Waals surface area contributed by atoms with E-state index >= 15 is 0 Å². The fraction of sp³-hybridized carbons (Fsp3) is 0.682. The summed E-state index contributed by atoms with van der Waals surface area (Å²) in [5.74, 6) is -0.165. The molecule has 2 fully saturated rings. The lowest BCUT2D eigenvalue weighted by Crippen LogP contribution is -2.45. The van der Waals surface area contributed by atoms with Crippen molar-refractivity contribution >= 4 is 38.9 Å². The van der Waals surface area contributed by atoms with Gasteiger partial charge in [0.05, 0.1) is 28.2 Å². The topological polar surface area (TPSA) is 87.7 Å². The number of carbonyl (C=O) groups excluding carboxylic acids is 1. The van der Waals surface area contributed by atoms with Gasteiger partial charge in [-0.3, -0.25) is 4.79 Å². The second kappa shape index (κ2) is 10.1. The van der Waals surface area contributed by atoms with Gasteiger partial charge >= 0.3 is 0 Å². The second-order valence-electron chi connectivity index (χ2n) is 9.08. The van der Waals surface area contributed by atoms with E-state index in [-0.39, 0.29) is 30.1 Å². The molecule has 0 aromatic heterocycles. The number of nitrogens with one attached hydrogen (secondary N) is 2. The Hall–Kier alpha value is -1.35. The van der Waals surface area contributed by atoms with Gasteiger partial charge in [0, 0.05) is 30.7 Å². The molecule has 7 nitrogen and oxygen atoms in total. The minimum atomic E-state index is -3.29. The molecule has 0 unspecified atom stereocenters. The molecule has 2 aliphatic rings. The predicted octanol–water partition coefficient (Wildman–Crippen LogP) is 3.78. The molecule has 1 aromatic rings. The number of nitrogens with zero attached hydrogens (tertiary/aromatic N) is 1. The maximum atomic E-state index is 12.7. The van der Waals surface area contributed by atoms with Crippen LogP contribution in [0.25, 0.3) is 0 Å². The van der Waals surface area contributed by atoms with Crippen molar-refractivity contribution in [1.82, 2.24) is 4.72 Å². The van der Waals surface area contributed by atoms with Gasteiger partial charge in [-0.15, -0.1) is 0 Å². The summed E-state index contributed by atoms with van der Waals surface area (Å²) in [6.07, 6.45) is 2.92. The number of ether oxygens (including phenoxy) is 1. The molecule has 1 amide bonds. The van der Waals surface area contributed by atoms with Gasteiger partial charge < -0.3 is 15.0 Å². The van der Waals surface area contributed by atoms with Crippen LogP contribution in [0, 0.1) is 5.92 Å². The van der Waals surface area contributed by atoms with Gasteiger partial charge in [-0.05, 0) is 71.6 Å². The van der Waals surface area contributed by atoms with E-state index in [1.165, 1.54) is 0 Å². The quantitative estimate of drug-likeness (QED) is 0.659. The van der Waals surface area contributed by atoms with Gasteiger partial charge in [0.2, 0.25) is 15.9 Å². The van der Waals surface area contributed by atoms with E-state index < -0.39 is 15.3 Å². The number of amides is 1. The first-order valence-corrected chi connectivity index (χ1v) is 13.0. The van der Waals surface area contributed by atoms with E-state index in [1.54, 1.807) is 19.9 Å². The molecule has 2 atom stereocenters. The fourth-order valence-electron chi connectivity index (χ4n) is 4.30. The van der Waals surface area contributed by atoms with Crippen molar-refractivity contribution < 1.29 is 17.9 Å². The Kier molecular flexibility index (Phi) is 7.89. The smallest absolute Gasteiger partial charge is 0.227 e. The summed E-state index contributed by atoms with van der Waals surface area (Å²) in [6.45, 7) is 8.98. The van der Waals surface area contributed by atoms with Crippen molar-refractivity contribution in [2.75, 3.05) is 23.3 Å². The second-order valence-corrected chi connectivity index (χ2v) is 11.8. The van der Waals surface area contributed by atoms with Crippen LogP contribution < -0.4 is 14.9 Å². The molecule has 0 spiro atoms. The maximum Gasteiger partial charge on any atom is 0.227 e. The number of hydrogen-bond donors (Lipinski definition) is 2. The number of anilines is 2. The first kappa shape index (κ1) is 24.3.